The number of hydrogen-bond acceptors (Lipinski definition) is 1. The van der Waals surface area contributed by atoms with Crippen LogP contribution >= 0.6 is 0 Å². The van der Waals surface area contributed by atoms with Gasteiger partial charge in [0.15, 0.2) is 0 Å². The van der Waals surface area contributed by atoms with Gasteiger partial charge in [-0.25, -0.2) is 0 Å². The second-order valence-corrected chi connectivity index (χ2v) is 3.13. The standard InChI is InChI=1S/C12H15NO/c1-3-6-12(14)13-11-8-5-7-10(4-2)9-11/h4-5,7-9H,2-3,6H2,1H3,(H,13,14). The Labute approximate surface area is 84.6 Å². The zero-order valence-electron chi connectivity index (χ0n) is 8.42. The molecule has 74 valence electrons. The van der Waals surface area contributed by atoms with Gasteiger partial charge in [0.1, 0.15) is 0 Å². The van der Waals surface area contributed by atoms with E-state index in [1.54, 1.807) is 6.08 Å². The fourth-order valence-corrected chi connectivity index (χ4v) is 1.19. The third-order valence-corrected chi connectivity index (χ3v) is 1.88. The molecule has 0 aliphatic rings. The quantitative estimate of drug-likeness (QED) is 0.774. The maximum atomic E-state index is 11.3. The molecule has 1 aromatic carbocycles. The van der Waals surface area contributed by atoms with Gasteiger partial charge in [-0.3, -0.25) is 4.79 Å². The van der Waals surface area contributed by atoms with Gasteiger partial charge in [0, 0.05) is 12.1 Å². The van der Waals surface area contributed by atoms with E-state index in [-0.39, 0.29) is 5.91 Å². The summed E-state index contributed by atoms with van der Waals surface area (Å²) >= 11 is 0. The van der Waals surface area contributed by atoms with E-state index < -0.39 is 0 Å². The van der Waals surface area contributed by atoms with Gasteiger partial charge in [-0.2, -0.15) is 0 Å². The fourth-order valence-electron chi connectivity index (χ4n) is 1.19. The van der Waals surface area contributed by atoms with Crippen LogP contribution in [-0.4, -0.2) is 5.91 Å². The monoisotopic (exact) mass is 189 g/mol. The van der Waals surface area contributed by atoms with E-state index in [4.69, 9.17) is 0 Å². The molecule has 1 N–H and O–H groups in total. The summed E-state index contributed by atoms with van der Waals surface area (Å²) in [6.45, 7) is 5.66. The van der Waals surface area contributed by atoms with Crippen LogP contribution in [0.1, 0.15) is 25.3 Å². The fraction of sp³-hybridized carbons (Fsp3) is 0.250. The molecular formula is C12H15NO. The molecule has 1 rings (SSSR count). The lowest BCUT2D eigenvalue weighted by atomic mass is 10.2. The predicted molar refractivity (Wildman–Crippen MR) is 60.1 cm³/mol. The summed E-state index contributed by atoms with van der Waals surface area (Å²) < 4.78 is 0. The zero-order chi connectivity index (χ0) is 10.4. The SMILES string of the molecule is C=Cc1cccc(NC(=O)CCC)c1. The summed E-state index contributed by atoms with van der Waals surface area (Å²) in [5, 5.41) is 2.83. The minimum atomic E-state index is 0.0636. The summed E-state index contributed by atoms with van der Waals surface area (Å²) in [4.78, 5) is 11.3. The average molecular weight is 189 g/mol. The van der Waals surface area contributed by atoms with Gasteiger partial charge in [-0.15, -0.1) is 0 Å². The lowest BCUT2D eigenvalue weighted by molar-refractivity contribution is -0.116. The van der Waals surface area contributed by atoms with Crippen molar-refractivity contribution in [2.24, 2.45) is 0 Å². The molecule has 0 fully saturated rings. The van der Waals surface area contributed by atoms with E-state index in [1.165, 1.54) is 0 Å². The van der Waals surface area contributed by atoms with E-state index in [0.717, 1.165) is 17.7 Å². The number of amides is 1. The summed E-state index contributed by atoms with van der Waals surface area (Å²) in [6.07, 6.45) is 3.20. The molecule has 0 saturated heterocycles. The van der Waals surface area contributed by atoms with Gasteiger partial charge in [-0.1, -0.05) is 31.7 Å². The summed E-state index contributed by atoms with van der Waals surface area (Å²) in [5.41, 5.74) is 1.85. The van der Waals surface area contributed by atoms with Gasteiger partial charge in [0.05, 0.1) is 0 Å². The highest BCUT2D eigenvalue weighted by molar-refractivity contribution is 5.90. The van der Waals surface area contributed by atoms with Crippen molar-refractivity contribution in [2.75, 3.05) is 5.32 Å². The number of benzene rings is 1. The van der Waals surface area contributed by atoms with Crippen LogP contribution in [0.15, 0.2) is 30.8 Å². The maximum Gasteiger partial charge on any atom is 0.224 e. The third-order valence-electron chi connectivity index (χ3n) is 1.88. The van der Waals surface area contributed by atoms with Crippen LogP contribution in [0.4, 0.5) is 5.69 Å². The van der Waals surface area contributed by atoms with Crippen LogP contribution < -0.4 is 5.32 Å². The van der Waals surface area contributed by atoms with Crippen molar-refractivity contribution in [1.82, 2.24) is 0 Å². The third kappa shape index (κ3) is 3.05. The Morgan fingerprint density at radius 3 is 3.00 bits per heavy atom. The number of anilines is 1. The Morgan fingerprint density at radius 1 is 1.57 bits per heavy atom. The molecule has 14 heavy (non-hydrogen) atoms. The topological polar surface area (TPSA) is 29.1 Å². The number of hydrogen-bond donors (Lipinski definition) is 1. The average Bonchev–Trinajstić information content (AvgIpc) is 2.18. The summed E-state index contributed by atoms with van der Waals surface area (Å²) in [7, 11) is 0. The molecule has 0 aliphatic heterocycles. The van der Waals surface area contributed by atoms with Crippen molar-refractivity contribution >= 4 is 17.7 Å². The number of rotatable bonds is 4. The molecule has 2 heteroatoms. The first-order valence-electron chi connectivity index (χ1n) is 4.78. The lowest BCUT2D eigenvalue weighted by Gasteiger charge is -2.04. The van der Waals surface area contributed by atoms with Crippen molar-refractivity contribution in [3.63, 3.8) is 0 Å². The van der Waals surface area contributed by atoms with E-state index in [2.05, 4.69) is 11.9 Å². The predicted octanol–water partition coefficient (Wildman–Crippen LogP) is 3.07. The first-order chi connectivity index (χ1) is 6.76. The smallest absolute Gasteiger partial charge is 0.224 e. The Morgan fingerprint density at radius 2 is 2.36 bits per heavy atom. The van der Waals surface area contributed by atoms with Gasteiger partial charge in [0.25, 0.3) is 0 Å². The second-order valence-electron chi connectivity index (χ2n) is 3.13. The summed E-state index contributed by atoms with van der Waals surface area (Å²) in [6, 6.07) is 7.63. The van der Waals surface area contributed by atoms with Crippen molar-refractivity contribution in [3.05, 3.63) is 36.4 Å². The van der Waals surface area contributed by atoms with Crippen LogP contribution in [0, 0.1) is 0 Å². The highest BCUT2D eigenvalue weighted by atomic mass is 16.1. The molecule has 2 nitrogen and oxygen atoms in total. The molecule has 0 unspecified atom stereocenters. The Balaban J connectivity index is 2.66. The maximum absolute atomic E-state index is 11.3. The minimum Gasteiger partial charge on any atom is -0.326 e. The first-order valence-corrected chi connectivity index (χ1v) is 4.78. The Kier molecular flexibility index (Phi) is 3.92. The molecule has 0 atom stereocenters. The molecule has 1 amide bonds. The summed E-state index contributed by atoms with van der Waals surface area (Å²) in [5.74, 6) is 0.0636. The van der Waals surface area contributed by atoms with Crippen molar-refractivity contribution < 1.29 is 4.79 Å². The van der Waals surface area contributed by atoms with Crippen LogP contribution in [-0.2, 0) is 4.79 Å². The molecule has 0 saturated carbocycles. The van der Waals surface area contributed by atoms with Crippen LogP contribution in [0.3, 0.4) is 0 Å². The Bertz CT molecular complexity index is 331. The van der Waals surface area contributed by atoms with Crippen LogP contribution in [0.5, 0.6) is 0 Å². The van der Waals surface area contributed by atoms with E-state index >= 15 is 0 Å². The molecule has 1 aromatic rings. The van der Waals surface area contributed by atoms with Crippen LogP contribution in [0.2, 0.25) is 0 Å². The van der Waals surface area contributed by atoms with Crippen molar-refractivity contribution in [1.29, 1.82) is 0 Å². The molecule has 0 heterocycles. The number of carbonyl (C=O) groups excluding carboxylic acids is 1. The lowest BCUT2D eigenvalue weighted by Crippen LogP contribution is -2.10. The molecule has 0 aliphatic carbocycles. The van der Waals surface area contributed by atoms with Crippen molar-refractivity contribution in [2.45, 2.75) is 19.8 Å². The van der Waals surface area contributed by atoms with Gasteiger partial charge >= 0.3 is 0 Å². The largest absolute Gasteiger partial charge is 0.326 e. The highest BCUT2D eigenvalue weighted by Crippen LogP contribution is 2.11. The van der Waals surface area contributed by atoms with Gasteiger partial charge in [-0.05, 0) is 24.1 Å². The van der Waals surface area contributed by atoms with Gasteiger partial charge in [0.2, 0.25) is 5.91 Å². The number of nitrogens with one attached hydrogen (secondary N) is 1. The molecular weight excluding hydrogens is 174 g/mol. The van der Waals surface area contributed by atoms with E-state index in [0.29, 0.717) is 6.42 Å². The van der Waals surface area contributed by atoms with E-state index in [9.17, 15) is 4.79 Å². The second kappa shape index (κ2) is 5.22. The molecule has 0 bridgehead atoms. The highest BCUT2D eigenvalue weighted by Gasteiger charge is 1.99. The minimum absolute atomic E-state index is 0.0636. The normalized spacial score (nSPS) is 9.50. The Hall–Kier alpha value is -1.57. The zero-order valence-corrected chi connectivity index (χ0v) is 8.42. The van der Waals surface area contributed by atoms with Gasteiger partial charge < -0.3 is 5.32 Å². The van der Waals surface area contributed by atoms with Crippen LogP contribution in [0.25, 0.3) is 6.08 Å². The molecule has 0 radical (unpaired) electrons. The molecule has 0 aromatic heterocycles. The first kappa shape index (κ1) is 10.5. The van der Waals surface area contributed by atoms with Crippen molar-refractivity contribution in [3.8, 4) is 0 Å². The number of carbonyl (C=O) groups is 1. The molecule has 0 spiro atoms. The van der Waals surface area contributed by atoms with E-state index in [1.807, 2.05) is 31.2 Å².